The van der Waals surface area contributed by atoms with Gasteiger partial charge in [0.1, 0.15) is 5.65 Å². The molecule has 7 heteroatoms. The highest BCUT2D eigenvalue weighted by atomic mass is 16.2. The standard InChI is InChI=1S/C18H22N6O/c1-23-16-6-4-5-15(14(16)11-20-23)22-18(25)19-9-8-13-12-24-10-3-2-7-17(24)21-13/h2-3,7,10-12,15H,4-6,8-9H2,1H3,(H2,19,22,25). The lowest BCUT2D eigenvalue weighted by atomic mass is 9.93. The van der Waals surface area contributed by atoms with Gasteiger partial charge in [-0.1, -0.05) is 6.07 Å². The van der Waals surface area contributed by atoms with E-state index < -0.39 is 0 Å². The molecule has 2 amide bonds. The number of aryl methyl sites for hydroxylation is 1. The predicted octanol–water partition coefficient (Wildman–Crippen LogP) is 1.99. The number of rotatable bonds is 4. The Morgan fingerprint density at radius 1 is 1.40 bits per heavy atom. The van der Waals surface area contributed by atoms with E-state index in [0.717, 1.165) is 36.2 Å². The molecular weight excluding hydrogens is 316 g/mol. The molecular formula is C18H22N6O. The first-order valence-corrected chi connectivity index (χ1v) is 8.68. The molecule has 2 N–H and O–H groups in total. The fourth-order valence-corrected chi connectivity index (χ4v) is 3.48. The summed E-state index contributed by atoms with van der Waals surface area (Å²) in [5.74, 6) is 0. The van der Waals surface area contributed by atoms with Crippen LogP contribution in [0, 0.1) is 0 Å². The number of nitrogens with one attached hydrogen (secondary N) is 2. The van der Waals surface area contributed by atoms with Gasteiger partial charge in [0.05, 0.1) is 17.9 Å². The zero-order valence-electron chi connectivity index (χ0n) is 14.3. The van der Waals surface area contributed by atoms with E-state index in [1.807, 2.05) is 52.9 Å². The van der Waals surface area contributed by atoms with Crippen molar-refractivity contribution >= 4 is 11.7 Å². The van der Waals surface area contributed by atoms with E-state index in [1.165, 1.54) is 5.69 Å². The van der Waals surface area contributed by atoms with Crippen LogP contribution in [-0.4, -0.2) is 31.7 Å². The molecule has 3 aromatic heterocycles. The van der Waals surface area contributed by atoms with Crippen LogP contribution >= 0.6 is 0 Å². The zero-order chi connectivity index (χ0) is 17.2. The smallest absolute Gasteiger partial charge is 0.315 e. The van der Waals surface area contributed by atoms with Crippen LogP contribution in [0.1, 0.15) is 35.8 Å². The predicted molar refractivity (Wildman–Crippen MR) is 94.3 cm³/mol. The van der Waals surface area contributed by atoms with Crippen molar-refractivity contribution in [2.24, 2.45) is 7.05 Å². The summed E-state index contributed by atoms with van der Waals surface area (Å²) in [7, 11) is 1.95. The third kappa shape index (κ3) is 3.22. The van der Waals surface area contributed by atoms with Gasteiger partial charge < -0.3 is 15.0 Å². The highest BCUT2D eigenvalue weighted by Crippen LogP contribution is 2.28. The van der Waals surface area contributed by atoms with Crippen LogP contribution < -0.4 is 10.6 Å². The summed E-state index contributed by atoms with van der Waals surface area (Å²) in [6.07, 6.45) is 9.60. The highest BCUT2D eigenvalue weighted by molar-refractivity contribution is 5.74. The molecule has 0 spiro atoms. The number of amides is 2. The topological polar surface area (TPSA) is 76.2 Å². The first-order valence-electron chi connectivity index (χ1n) is 8.68. The Balaban J connectivity index is 1.31. The fourth-order valence-electron chi connectivity index (χ4n) is 3.48. The summed E-state index contributed by atoms with van der Waals surface area (Å²) in [6, 6.07) is 5.83. The lowest BCUT2D eigenvalue weighted by molar-refractivity contribution is 0.235. The second kappa shape index (κ2) is 6.58. The molecule has 1 atom stereocenters. The van der Waals surface area contributed by atoms with Crippen LogP contribution in [0.15, 0.2) is 36.8 Å². The molecule has 25 heavy (non-hydrogen) atoms. The van der Waals surface area contributed by atoms with Gasteiger partial charge in [0.2, 0.25) is 0 Å². The third-order valence-corrected chi connectivity index (χ3v) is 4.76. The van der Waals surface area contributed by atoms with Crippen molar-refractivity contribution in [3.8, 4) is 0 Å². The van der Waals surface area contributed by atoms with Crippen LogP contribution in [0.25, 0.3) is 5.65 Å². The van der Waals surface area contributed by atoms with E-state index in [2.05, 4.69) is 20.7 Å². The number of fused-ring (bicyclic) bond motifs is 2. The van der Waals surface area contributed by atoms with Crippen molar-refractivity contribution in [1.82, 2.24) is 29.8 Å². The quantitative estimate of drug-likeness (QED) is 0.764. The molecule has 0 fully saturated rings. The van der Waals surface area contributed by atoms with Gasteiger partial charge in [-0.2, -0.15) is 5.10 Å². The molecule has 7 nitrogen and oxygen atoms in total. The summed E-state index contributed by atoms with van der Waals surface area (Å²) in [5.41, 5.74) is 4.26. The number of nitrogens with zero attached hydrogens (tertiary/aromatic N) is 4. The van der Waals surface area contributed by atoms with E-state index >= 15 is 0 Å². The van der Waals surface area contributed by atoms with Crippen molar-refractivity contribution in [3.05, 3.63) is 53.7 Å². The van der Waals surface area contributed by atoms with E-state index in [0.29, 0.717) is 13.0 Å². The zero-order valence-corrected chi connectivity index (χ0v) is 14.3. The third-order valence-electron chi connectivity index (χ3n) is 4.76. The van der Waals surface area contributed by atoms with Gasteiger partial charge in [-0.05, 0) is 31.4 Å². The Hall–Kier alpha value is -2.83. The molecule has 0 saturated heterocycles. The van der Waals surface area contributed by atoms with Crippen molar-refractivity contribution < 1.29 is 4.79 Å². The summed E-state index contributed by atoms with van der Waals surface area (Å²) in [6.45, 7) is 0.558. The largest absolute Gasteiger partial charge is 0.338 e. The summed E-state index contributed by atoms with van der Waals surface area (Å²) in [4.78, 5) is 16.8. The van der Waals surface area contributed by atoms with Gasteiger partial charge in [-0.15, -0.1) is 0 Å². The Kier molecular flexibility index (Phi) is 4.13. The molecule has 0 aliphatic heterocycles. The number of imidazole rings is 1. The van der Waals surface area contributed by atoms with Gasteiger partial charge in [-0.3, -0.25) is 4.68 Å². The SMILES string of the molecule is Cn1ncc2c1CCCC2NC(=O)NCCc1cn2ccccc2n1. The molecule has 3 aromatic rings. The number of carbonyl (C=O) groups is 1. The fraction of sp³-hybridized carbons (Fsp3) is 0.389. The lowest BCUT2D eigenvalue weighted by Crippen LogP contribution is -2.39. The first kappa shape index (κ1) is 15.7. The van der Waals surface area contributed by atoms with Crippen LogP contribution in [0.4, 0.5) is 4.79 Å². The maximum absolute atomic E-state index is 12.2. The summed E-state index contributed by atoms with van der Waals surface area (Å²) in [5, 5.41) is 10.3. The van der Waals surface area contributed by atoms with Crippen LogP contribution in [-0.2, 0) is 19.9 Å². The number of aromatic nitrogens is 4. The second-order valence-electron chi connectivity index (χ2n) is 6.46. The normalized spacial score (nSPS) is 16.6. The Morgan fingerprint density at radius 3 is 3.20 bits per heavy atom. The minimum atomic E-state index is -0.134. The number of pyridine rings is 1. The number of urea groups is 1. The molecule has 3 heterocycles. The average molecular weight is 338 g/mol. The van der Waals surface area contributed by atoms with Crippen LogP contribution in [0.5, 0.6) is 0 Å². The number of hydrogen-bond donors (Lipinski definition) is 2. The summed E-state index contributed by atoms with van der Waals surface area (Å²) >= 11 is 0. The van der Waals surface area contributed by atoms with Gasteiger partial charge in [0, 0.05) is 43.7 Å². The maximum atomic E-state index is 12.2. The second-order valence-corrected chi connectivity index (χ2v) is 6.46. The van der Waals surface area contributed by atoms with Gasteiger partial charge in [0.25, 0.3) is 0 Å². The summed E-state index contributed by atoms with van der Waals surface area (Å²) < 4.78 is 3.89. The average Bonchev–Trinajstić information content (AvgIpc) is 3.19. The van der Waals surface area contributed by atoms with Crippen molar-refractivity contribution in [3.63, 3.8) is 0 Å². The van der Waals surface area contributed by atoms with E-state index in [1.54, 1.807) is 0 Å². The van der Waals surface area contributed by atoms with Crippen molar-refractivity contribution in [2.75, 3.05) is 6.54 Å². The molecule has 0 aromatic carbocycles. The minimum Gasteiger partial charge on any atom is -0.338 e. The molecule has 4 rings (SSSR count). The van der Waals surface area contributed by atoms with Gasteiger partial charge in [0.15, 0.2) is 0 Å². The molecule has 1 aliphatic rings. The van der Waals surface area contributed by atoms with Crippen molar-refractivity contribution in [1.29, 1.82) is 0 Å². The number of carbonyl (C=O) groups excluding carboxylic acids is 1. The van der Waals surface area contributed by atoms with Gasteiger partial charge in [-0.25, -0.2) is 9.78 Å². The molecule has 0 bridgehead atoms. The first-order chi connectivity index (χ1) is 12.2. The maximum Gasteiger partial charge on any atom is 0.315 e. The molecule has 1 unspecified atom stereocenters. The molecule has 130 valence electrons. The van der Waals surface area contributed by atoms with Crippen LogP contribution in [0.3, 0.4) is 0 Å². The Morgan fingerprint density at radius 2 is 2.32 bits per heavy atom. The monoisotopic (exact) mass is 338 g/mol. The number of hydrogen-bond acceptors (Lipinski definition) is 3. The van der Waals surface area contributed by atoms with E-state index in [-0.39, 0.29) is 12.1 Å². The Labute approximate surface area is 146 Å². The highest BCUT2D eigenvalue weighted by Gasteiger charge is 2.24. The molecule has 0 saturated carbocycles. The Bertz CT molecular complexity index is 863. The van der Waals surface area contributed by atoms with E-state index in [9.17, 15) is 4.79 Å². The van der Waals surface area contributed by atoms with Crippen molar-refractivity contribution in [2.45, 2.75) is 31.7 Å². The van der Waals surface area contributed by atoms with Gasteiger partial charge >= 0.3 is 6.03 Å². The van der Waals surface area contributed by atoms with Crippen LogP contribution in [0.2, 0.25) is 0 Å². The lowest BCUT2D eigenvalue weighted by Gasteiger charge is -2.23. The minimum absolute atomic E-state index is 0.0487. The molecule has 0 radical (unpaired) electrons. The van der Waals surface area contributed by atoms with E-state index in [4.69, 9.17) is 0 Å². The molecule has 1 aliphatic carbocycles.